The number of rotatable bonds is 3. The van der Waals surface area contributed by atoms with Gasteiger partial charge in [-0.05, 0) is 36.4 Å². The van der Waals surface area contributed by atoms with Crippen LogP contribution in [0.3, 0.4) is 0 Å². The number of halogens is 4. The highest BCUT2D eigenvalue weighted by Crippen LogP contribution is 2.25. The zero-order valence-electron chi connectivity index (χ0n) is 10.5. The molecule has 0 aromatic heterocycles. The quantitative estimate of drug-likeness (QED) is 0.738. The van der Waals surface area contributed by atoms with E-state index in [9.17, 15) is 9.18 Å². The van der Waals surface area contributed by atoms with Gasteiger partial charge in [-0.3, -0.25) is 4.79 Å². The Morgan fingerprint density at radius 1 is 1.05 bits per heavy atom. The molecule has 21 heavy (non-hydrogen) atoms. The van der Waals surface area contributed by atoms with E-state index in [1.165, 1.54) is 30.4 Å². The number of carbonyl (C=O) groups is 1. The molecule has 2 nitrogen and oxygen atoms in total. The highest BCUT2D eigenvalue weighted by molar-refractivity contribution is 6.42. The molecule has 0 saturated heterocycles. The summed E-state index contributed by atoms with van der Waals surface area (Å²) in [5.74, 6) is -0.936. The number of hydrogen-bond donors (Lipinski definition) is 1. The van der Waals surface area contributed by atoms with Gasteiger partial charge in [0.1, 0.15) is 5.82 Å². The molecule has 6 heteroatoms. The van der Waals surface area contributed by atoms with Crippen LogP contribution < -0.4 is 5.32 Å². The van der Waals surface area contributed by atoms with Gasteiger partial charge in [-0.25, -0.2) is 4.39 Å². The fraction of sp³-hybridized carbons (Fsp3) is 0. The van der Waals surface area contributed by atoms with Crippen LogP contribution in [0.4, 0.5) is 10.1 Å². The number of carbonyl (C=O) groups excluding carboxylic acids is 1. The maximum Gasteiger partial charge on any atom is 0.248 e. The first-order valence-electron chi connectivity index (χ1n) is 5.85. The minimum atomic E-state index is -0.499. The van der Waals surface area contributed by atoms with E-state index >= 15 is 0 Å². The van der Waals surface area contributed by atoms with Gasteiger partial charge in [-0.15, -0.1) is 0 Å². The van der Waals surface area contributed by atoms with E-state index in [-0.39, 0.29) is 10.6 Å². The SMILES string of the molecule is O=C(C=Cc1c(F)cccc1Cl)Nc1ccc(Cl)c(Cl)c1. The van der Waals surface area contributed by atoms with Gasteiger partial charge in [0, 0.05) is 17.3 Å². The summed E-state index contributed by atoms with van der Waals surface area (Å²) in [6.07, 6.45) is 2.50. The van der Waals surface area contributed by atoms with Gasteiger partial charge in [-0.2, -0.15) is 0 Å². The largest absolute Gasteiger partial charge is 0.322 e. The molecule has 0 aliphatic heterocycles. The molecular formula is C15H9Cl3FNO. The molecule has 108 valence electrons. The topological polar surface area (TPSA) is 29.1 Å². The second-order valence-corrected chi connectivity index (χ2v) is 5.31. The molecule has 0 atom stereocenters. The Bertz CT molecular complexity index is 696. The predicted molar refractivity (Wildman–Crippen MR) is 85.5 cm³/mol. The van der Waals surface area contributed by atoms with Gasteiger partial charge in [0.05, 0.1) is 15.1 Å². The average molecular weight is 345 g/mol. The van der Waals surface area contributed by atoms with Crippen molar-refractivity contribution in [3.8, 4) is 0 Å². The van der Waals surface area contributed by atoms with Crippen LogP contribution in [0.2, 0.25) is 15.1 Å². The van der Waals surface area contributed by atoms with Gasteiger partial charge in [0.2, 0.25) is 5.91 Å². The van der Waals surface area contributed by atoms with Crippen molar-refractivity contribution in [2.45, 2.75) is 0 Å². The number of benzene rings is 2. The lowest BCUT2D eigenvalue weighted by atomic mass is 10.2. The van der Waals surface area contributed by atoms with Crippen LogP contribution in [0.1, 0.15) is 5.56 Å². The number of anilines is 1. The Balaban J connectivity index is 2.11. The summed E-state index contributed by atoms with van der Waals surface area (Å²) in [7, 11) is 0. The average Bonchev–Trinajstić information content (AvgIpc) is 2.42. The van der Waals surface area contributed by atoms with Crippen LogP contribution in [0.5, 0.6) is 0 Å². The van der Waals surface area contributed by atoms with Crippen molar-refractivity contribution in [2.75, 3.05) is 5.32 Å². The van der Waals surface area contributed by atoms with E-state index in [0.29, 0.717) is 15.7 Å². The zero-order chi connectivity index (χ0) is 15.4. The summed E-state index contributed by atoms with van der Waals surface area (Å²) in [5, 5.41) is 3.54. The smallest absolute Gasteiger partial charge is 0.248 e. The van der Waals surface area contributed by atoms with Gasteiger partial charge >= 0.3 is 0 Å². The van der Waals surface area contributed by atoms with Crippen LogP contribution in [-0.4, -0.2) is 5.91 Å². The molecule has 0 unspecified atom stereocenters. The Kier molecular flexibility index (Phi) is 5.23. The first kappa shape index (κ1) is 15.8. The van der Waals surface area contributed by atoms with E-state index < -0.39 is 11.7 Å². The molecule has 1 N–H and O–H groups in total. The normalized spacial score (nSPS) is 10.9. The summed E-state index contributed by atoms with van der Waals surface area (Å²) in [6.45, 7) is 0. The van der Waals surface area contributed by atoms with Crippen LogP contribution in [0.25, 0.3) is 6.08 Å². The Morgan fingerprint density at radius 2 is 1.81 bits per heavy atom. The van der Waals surface area contributed by atoms with Gasteiger partial charge in [0.25, 0.3) is 0 Å². The Morgan fingerprint density at radius 3 is 2.48 bits per heavy atom. The lowest BCUT2D eigenvalue weighted by Gasteiger charge is -2.04. The third kappa shape index (κ3) is 4.21. The van der Waals surface area contributed by atoms with E-state index in [0.717, 1.165) is 0 Å². The molecule has 0 aliphatic rings. The highest BCUT2D eigenvalue weighted by Gasteiger charge is 2.05. The lowest BCUT2D eigenvalue weighted by molar-refractivity contribution is -0.111. The van der Waals surface area contributed by atoms with E-state index in [1.54, 1.807) is 18.2 Å². The molecule has 0 bridgehead atoms. The number of hydrogen-bond acceptors (Lipinski definition) is 1. The second-order valence-electron chi connectivity index (χ2n) is 4.09. The zero-order valence-corrected chi connectivity index (χ0v) is 12.8. The van der Waals surface area contributed by atoms with Crippen molar-refractivity contribution in [3.63, 3.8) is 0 Å². The van der Waals surface area contributed by atoms with Crippen molar-refractivity contribution in [1.29, 1.82) is 0 Å². The molecule has 0 aliphatic carbocycles. The molecule has 2 aromatic rings. The van der Waals surface area contributed by atoms with E-state index in [2.05, 4.69) is 5.32 Å². The Hall–Kier alpha value is -1.55. The first-order valence-corrected chi connectivity index (χ1v) is 6.99. The standard InChI is InChI=1S/C15H9Cl3FNO/c16-11-2-1-3-14(19)10(11)5-7-15(21)20-9-4-6-12(17)13(18)8-9/h1-8H,(H,20,21). The monoisotopic (exact) mass is 343 g/mol. The van der Waals surface area contributed by atoms with Crippen molar-refractivity contribution in [3.05, 3.63) is 68.9 Å². The van der Waals surface area contributed by atoms with E-state index in [4.69, 9.17) is 34.8 Å². The highest BCUT2D eigenvalue weighted by atomic mass is 35.5. The van der Waals surface area contributed by atoms with Crippen LogP contribution in [0, 0.1) is 5.82 Å². The van der Waals surface area contributed by atoms with Crippen molar-refractivity contribution >= 4 is 52.5 Å². The van der Waals surface area contributed by atoms with Crippen LogP contribution >= 0.6 is 34.8 Å². The number of amides is 1. The van der Waals surface area contributed by atoms with Crippen molar-refractivity contribution < 1.29 is 9.18 Å². The van der Waals surface area contributed by atoms with Crippen LogP contribution in [0.15, 0.2) is 42.5 Å². The first-order chi connectivity index (χ1) is 9.97. The van der Waals surface area contributed by atoms with Crippen molar-refractivity contribution in [1.82, 2.24) is 0 Å². The van der Waals surface area contributed by atoms with Crippen molar-refractivity contribution in [2.24, 2.45) is 0 Å². The second kappa shape index (κ2) is 6.94. The summed E-state index contributed by atoms with van der Waals surface area (Å²) in [4.78, 5) is 11.8. The molecule has 1 amide bonds. The third-order valence-corrected chi connectivity index (χ3v) is 3.66. The third-order valence-electron chi connectivity index (χ3n) is 2.59. The van der Waals surface area contributed by atoms with Gasteiger partial charge in [-0.1, -0.05) is 40.9 Å². The predicted octanol–water partition coefficient (Wildman–Crippen LogP) is 5.44. The summed E-state index contributed by atoms with van der Waals surface area (Å²) in [5.41, 5.74) is 0.641. The molecule has 0 fully saturated rings. The minimum absolute atomic E-state index is 0.156. The molecule has 0 heterocycles. The molecule has 2 rings (SSSR count). The fourth-order valence-electron chi connectivity index (χ4n) is 1.59. The molecule has 0 spiro atoms. The van der Waals surface area contributed by atoms with Gasteiger partial charge in [0.15, 0.2) is 0 Å². The summed E-state index contributed by atoms with van der Waals surface area (Å²) < 4.78 is 13.5. The number of nitrogens with one attached hydrogen (secondary N) is 1. The molecule has 0 saturated carbocycles. The van der Waals surface area contributed by atoms with Gasteiger partial charge < -0.3 is 5.32 Å². The fourth-order valence-corrected chi connectivity index (χ4v) is 2.11. The van der Waals surface area contributed by atoms with E-state index in [1.807, 2.05) is 0 Å². The maximum atomic E-state index is 13.5. The summed E-state index contributed by atoms with van der Waals surface area (Å²) in [6, 6.07) is 8.99. The lowest BCUT2D eigenvalue weighted by Crippen LogP contribution is -2.07. The Labute approximate surface area is 136 Å². The minimum Gasteiger partial charge on any atom is -0.322 e. The maximum absolute atomic E-state index is 13.5. The molecule has 2 aromatic carbocycles. The summed E-state index contributed by atoms with van der Waals surface area (Å²) >= 11 is 17.5. The van der Waals surface area contributed by atoms with Crippen LogP contribution in [-0.2, 0) is 4.79 Å². The molecule has 0 radical (unpaired) electrons. The molecular weight excluding hydrogens is 336 g/mol.